The standard InChI is InChI=1S/C25H35FN8/c1-17(2)18(12-27)11-24(29)33-25-5-4-22-23(32-25)10-19(15-31-22)20(13-28)14-30-7-3-8-34-9-6-21(26)16-34/h4-5,10-15,17,21,27,31-32H,3,6-9,16,28H2,1-2H3,(H2,29,33)/t21-/m0/s1. The summed E-state index contributed by atoms with van der Waals surface area (Å²) in [6.45, 7) is 6.90. The van der Waals surface area contributed by atoms with Crippen molar-refractivity contribution in [3.8, 4) is 0 Å². The molecule has 7 N–H and O–H groups in total. The summed E-state index contributed by atoms with van der Waals surface area (Å²) in [7, 11) is 0. The second-order valence-electron chi connectivity index (χ2n) is 8.74. The van der Waals surface area contributed by atoms with Crippen LogP contribution in [-0.4, -0.2) is 55.5 Å². The number of likely N-dealkylation sites (tertiary alicyclic amines) is 1. The van der Waals surface area contributed by atoms with Gasteiger partial charge in [0.2, 0.25) is 0 Å². The molecule has 0 unspecified atom stereocenters. The Hall–Kier alpha value is -3.46. The van der Waals surface area contributed by atoms with E-state index in [2.05, 4.69) is 25.5 Å². The first kappa shape index (κ1) is 25.2. The molecule has 0 amide bonds. The normalized spacial score (nSPS) is 22.0. The molecule has 0 aliphatic carbocycles. The van der Waals surface area contributed by atoms with Crippen molar-refractivity contribution >= 4 is 18.3 Å². The number of allylic oxidation sites excluding steroid dienone is 6. The van der Waals surface area contributed by atoms with Gasteiger partial charge in [0.05, 0.1) is 11.4 Å². The van der Waals surface area contributed by atoms with Gasteiger partial charge in [-0.1, -0.05) is 13.8 Å². The maximum absolute atomic E-state index is 13.3. The van der Waals surface area contributed by atoms with Crippen molar-refractivity contribution in [2.45, 2.75) is 32.9 Å². The van der Waals surface area contributed by atoms with Crippen molar-refractivity contribution in [3.63, 3.8) is 0 Å². The lowest BCUT2D eigenvalue weighted by Gasteiger charge is -2.23. The maximum atomic E-state index is 13.3. The smallest absolute Gasteiger partial charge is 0.132 e. The fraction of sp³-hybridized carbons (Fsp3) is 0.400. The minimum absolute atomic E-state index is 0.190. The first-order chi connectivity index (χ1) is 16.4. The van der Waals surface area contributed by atoms with Crippen LogP contribution in [0.3, 0.4) is 0 Å². The molecule has 0 saturated carbocycles. The molecule has 9 heteroatoms. The van der Waals surface area contributed by atoms with Crippen molar-refractivity contribution in [1.82, 2.24) is 15.5 Å². The number of dihydropyridines is 2. The summed E-state index contributed by atoms with van der Waals surface area (Å²) in [6.07, 6.45) is 14.8. The second kappa shape index (κ2) is 12.1. The molecule has 0 aromatic rings. The Kier molecular flexibility index (Phi) is 8.98. The van der Waals surface area contributed by atoms with Gasteiger partial charge in [-0.2, -0.15) is 0 Å². The van der Waals surface area contributed by atoms with Crippen LogP contribution in [0.4, 0.5) is 4.39 Å². The number of hydrogen-bond donors (Lipinski definition) is 5. The van der Waals surface area contributed by atoms with Crippen molar-refractivity contribution in [2.24, 2.45) is 27.4 Å². The fourth-order valence-corrected chi connectivity index (χ4v) is 3.79. The monoisotopic (exact) mass is 466 g/mol. The molecule has 0 spiro atoms. The third-order valence-electron chi connectivity index (χ3n) is 5.76. The second-order valence-corrected chi connectivity index (χ2v) is 8.74. The summed E-state index contributed by atoms with van der Waals surface area (Å²) in [5.41, 5.74) is 16.2. The number of fused-ring (bicyclic) bond motifs is 1. The highest BCUT2D eigenvalue weighted by Crippen LogP contribution is 2.22. The molecule has 3 aliphatic rings. The Morgan fingerprint density at radius 1 is 1.35 bits per heavy atom. The summed E-state index contributed by atoms with van der Waals surface area (Å²) >= 11 is 0. The van der Waals surface area contributed by atoms with Crippen molar-refractivity contribution in [2.75, 3.05) is 26.2 Å². The number of nitrogens with two attached hydrogens (primary N) is 2. The number of alkyl halides is 1. The molecule has 34 heavy (non-hydrogen) atoms. The molecular formula is C25H35FN8. The Labute approximate surface area is 201 Å². The van der Waals surface area contributed by atoms with Crippen molar-refractivity contribution in [3.05, 3.63) is 70.6 Å². The van der Waals surface area contributed by atoms with Gasteiger partial charge in [0.25, 0.3) is 0 Å². The lowest BCUT2D eigenvalue weighted by molar-refractivity contribution is 0.287. The molecule has 0 bridgehead atoms. The first-order valence-corrected chi connectivity index (χ1v) is 11.6. The Morgan fingerprint density at radius 3 is 2.85 bits per heavy atom. The number of hydrogen-bond acceptors (Lipinski definition) is 7. The number of halogens is 1. The molecule has 3 heterocycles. The van der Waals surface area contributed by atoms with Crippen LogP contribution in [0.5, 0.6) is 0 Å². The highest BCUT2D eigenvalue weighted by Gasteiger charge is 2.20. The van der Waals surface area contributed by atoms with E-state index in [4.69, 9.17) is 16.9 Å². The van der Waals surface area contributed by atoms with E-state index in [0.29, 0.717) is 31.2 Å². The lowest BCUT2D eigenvalue weighted by Crippen LogP contribution is -2.27. The van der Waals surface area contributed by atoms with Gasteiger partial charge < -0.3 is 32.4 Å². The van der Waals surface area contributed by atoms with E-state index < -0.39 is 6.17 Å². The van der Waals surface area contributed by atoms with E-state index in [1.54, 1.807) is 12.3 Å². The number of aliphatic imine (C=N–C) groups is 2. The third kappa shape index (κ3) is 7.02. The molecule has 182 valence electrons. The quantitative estimate of drug-likeness (QED) is 0.192. The molecule has 3 rings (SSSR count). The van der Waals surface area contributed by atoms with Gasteiger partial charge in [0, 0.05) is 62.2 Å². The van der Waals surface area contributed by atoms with Crippen molar-refractivity contribution < 1.29 is 4.39 Å². The van der Waals surface area contributed by atoms with Gasteiger partial charge in [-0.25, -0.2) is 9.38 Å². The van der Waals surface area contributed by atoms with E-state index >= 15 is 0 Å². The van der Waals surface area contributed by atoms with Crippen LogP contribution in [-0.2, 0) is 0 Å². The van der Waals surface area contributed by atoms with E-state index in [9.17, 15) is 4.39 Å². The highest BCUT2D eigenvalue weighted by atomic mass is 19.1. The van der Waals surface area contributed by atoms with Crippen LogP contribution in [0, 0.1) is 11.3 Å². The van der Waals surface area contributed by atoms with Gasteiger partial charge in [0.1, 0.15) is 17.8 Å². The zero-order chi connectivity index (χ0) is 24.5. The van der Waals surface area contributed by atoms with Crippen LogP contribution in [0.15, 0.2) is 80.6 Å². The number of nitrogens with one attached hydrogen (secondary N) is 3. The van der Waals surface area contributed by atoms with Crippen LogP contribution in [0.25, 0.3) is 0 Å². The number of amidine groups is 1. The van der Waals surface area contributed by atoms with E-state index in [1.807, 2.05) is 38.3 Å². The van der Waals surface area contributed by atoms with Crippen LogP contribution in [0.2, 0.25) is 0 Å². The number of nitrogens with zero attached hydrogens (tertiary/aromatic N) is 3. The maximum Gasteiger partial charge on any atom is 0.132 e. The molecule has 0 aromatic carbocycles. The first-order valence-electron chi connectivity index (χ1n) is 11.6. The fourth-order valence-electron chi connectivity index (χ4n) is 3.79. The molecule has 1 fully saturated rings. The molecule has 1 atom stereocenters. The van der Waals surface area contributed by atoms with Crippen LogP contribution >= 0.6 is 0 Å². The predicted molar refractivity (Wildman–Crippen MR) is 138 cm³/mol. The summed E-state index contributed by atoms with van der Waals surface area (Å²) in [4.78, 5) is 11.1. The number of rotatable bonds is 10. The lowest BCUT2D eigenvalue weighted by atomic mass is 10.0. The van der Waals surface area contributed by atoms with Crippen molar-refractivity contribution in [1.29, 1.82) is 5.41 Å². The van der Waals surface area contributed by atoms with E-state index in [1.165, 1.54) is 12.4 Å². The average molecular weight is 467 g/mol. The molecular weight excluding hydrogens is 431 g/mol. The molecule has 0 radical (unpaired) electrons. The summed E-state index contributed by atoms with van der Waals surface area (Å²) in [5, 5.41) is 14.0. The summed E-state index contributed by atoms with van der Waals surface area (Å²) in [6, 6.07) is 0. The molecule has 1 saturated heterocycles. The van der Waals surface area contributed by atoms with Gasteiger partial charge in [-0.15, -0.1) is 0 Å². The van der Waals surface area contributed by atoms with Gasteiger partial charge in [-0.05, 0) is 48.6 Å². The Balaban J connectivity index is 1.59. The topological polar surface area (TPSA) is 128 Å². The van der Waals surface area contributed by atoms with Gasteiger partial charge in [-0.3, -0.25) is 4.99 Å². The minimum Gasteiger partial charge on any atom is -0.404 e. The summed E-state index contributed by atoms with van der Waals surface area (Å²) < 4.78 is 13.3. The molecule has 0 aromatic heterocycles. The SMILES string of the molecule is CC(C)C(C=N)=CC(N)=NC1=CC=C2NC=C(C(C=NCCCN3CC[C@H](F)C3)=CN)C=C2N1. The molecule has 3 aliphatic heterocycles. The zero-order valence-corrected chi connectivity index (χ0v) is 19.9. The zero-order valence-electron chi connectivity index (χ0n) is 19.9. The Morgan fingerprint density at radius 2 is 2.18 bits per heavy atom. The van der Waals surface area contributed by atoms with E-state index in [-0.39, 0.29) is 5.92 Å². The molecule has 8 nitrogen and oxygen atoms in total. The van der Waals surface area contributed by atoms with E-state index in [0.717, 1.165) is 47.6 Å². The van der Waals surface area contributed by atoms with Gasteiger partial charge in [0.15, 0.2) is 0 Å². The average Bonchev–Trinajstić information content (AvgIpc) is 3.24. The Bertz CT molecular complexity index is 1010. The minimum atomic E-state index is -0.686. The van der Waals surface area contributed by atoms with Crippen LogP contribution in [0.1, 0.15) is 26.7 Å². The third-order valence-corrected chi connectivity index (χ3v) is 5.76. The largest absolute Gasteiger partial charge is 0.404 e. The van der Waals surface area contributed by atoms with Crippen LogP contribution < -0.4 is 22.1 Å². The highest BCUT2D eigenvalue weighted by molar-refractivity contribution is 5.97. The summed E-state index contributed by atoms with van der Waals surface area (Å²) in [5.74, 6) is 1.12. The predicted octanol–water partition coefficient (Wildman–Crippen LogP) is 2.62. The van der Waals surface area contributed by atoms with Gasteiger partial charge >= 0.3 is 0 Å².